The Morgan fingerprint density at radius 2 is 2.11 bits per heavy atom. The monoisotopic (exact) mass is 370 g/mol. The van der Waals surface area contributed by atoms with E-state index in [0.717, 1.165) is 12.8 Å². The molecule has 1 aliphatic carbocycles. The van der Waals surface area contributed by atoms with Crippen molar-refractivity contribution >= 4 is 17.6 Å². The van der Waals surface area contributed by atoms with Gasteiger partial charge in [0.1, 0.15) is 11.7 Å². The van der Waals surface area contributed by atoms with Gasteiger partial charge in [0.2, 0.25) is 0 Å². The first-order chi connectivity index (χ1) is 12.9. The van der Waals surface area contributed by atoms with Crippen molar-refractivity contribution in [2.75, 3.05) is 19.6 Å². The zero-order chi connectivity index (χ0) is 19.1. The van der Waals surface area contributed by atoms with Gasteiger partial charge in [0, 0.05) is 24.6 Å². The van der Waals surface area contributed by atoms with Crippen LogP contribution in [0.4, 0.5) is 4.39 Å². The summed E-state index contributed by atoms with van der Waals surface area (Å²) in [5.74, 6) is 0.486. The van der Waals surface area contributed by atoms with Gasteiger partial charge < -0.3 is 14.3 Å². The summed E-state index contributed by atoms with van der Waals surface area (Å²) in [4.78, 5) is 19.9. The maximum Gasteiger partial charge on any atom is 0.293 e. The number of hydrogen-bond donors (Lipinski definition) is 2. The zero-order valence-electron chi connectivity index (χ0n) is 14.8. The molecule has 2 N–H and O–H groups in total. The van der Waals surface area contributed by atoms with Crippen LogP contribution >= 0.6 is 0 Å². The Morgan fingerprint density at radius 1 is 1.33 bits per heavy atom. The second-order valence-electron chi connectivity index (χ2n) is 6.87. The number of halogens is 1. The number of nitrogens with zero attached hydrogens (tertiary/aromatic N) is 4. The minimum atomic E-state index is -0.359. The summed E-state index contributed by atoms with van der Waals surface area (Å²) in [6.07, 6.45) is 2.07. The largest absolute Gasteiger partial charge is 0.331 e. The summed E-state index contributed by atoms with van der Waals surface area (Å²) >= 11 is 0. The van der Waals surface area contributed by atoms with Crippen molar-refractivity contribution in [2.24, 2.45) is 0 Å². The van der Waals surface area contributed by atoms with Crippen molar-refractivity contribution in [3.8, 4) is 0 Å². The van der Waals surface area contributed by atoms with E-state index in [1.165, 1.54) is 28.0 Å². The Balaban J connectivity index is 1.43. The van der Waals surface area contributed by atoms with Gasteiger partial charge in [-0.1, -0.05) is 5.16 Å². The highest BCUT2D eigenvalue weighted by Crippen LogP contribution is 2.38. The number of hydrogen-bond acceptors (Lipinski definition) is 6. The molecular weight excluding hydrogens is 351 g/mol. The molecule has 8 nitrogen and oxygen atoms in total. The molecule has 2 heterocycles. The third-order valence-corrected chi connectivity index (χ3v) is 4.81. The fourth-order valence-corrected chi connectivity index (χ4v) is 3.04. The predicted octanol–water partition coefficient (Wildman–Crippen LogP) is 2.16. The topological polar surface area (TPSA) is 110 Å². The number of rotatable bonds is 3. The van der Waals surface area contributed by atoms with Crippen LogP contribution < -0.4 is 0 Å². The quantitative estimate of drug-likeness (QED) is 0.635. The highest BCUT2D eigenvalue weighted by atomic mass is 19.1. The van der Waals surface area contributed by atoms with Gasteiger partial charge in [-0.2, -0.15) is 4.98 Å². The van der Waals surface area contributed by atoms with E-state index in [0.29, 0.717) is 29.4 Å². The van der Waals surface area contributed by atoms with Crippen LogP contribution in [0, 0.1) is 23.6 Å². The summed E-state index contributed by atoms with van der Waals surface area (Å²) < 4.78 is 18.6. The average Bonchev–Trinajstić information content (AvgIpc) is 3.39. The van der Waals surface area contributed by atoms with Gasteiger partial charge in [-0.3, -0.25) is 15.6 Å². The van der Waals surface area contributed by atoms with E-state index in [9.17, 15) is 9.18 Å². The molecule has 1 amide bonds. The average molecular weight is 370 g/mol. The molecule has 2 fully saturated rings. The maximum absolute atomic E-state index is 13.4. The van der Waals surface area contributed by atoms with Crippen LogP contribution in [-0.4, -0.2) is 57.2 Å². The molecule has 1 saturated carbocycles. The minimum Gasteiger partial charge on any atom is -0.331 e. The molecule has 0 radical (unpaired) electrons. The Kier molecular flexibility index (Phi) is 4.21. The van der Waals surface area contributed by atoms with Crippen molar-refractivity contribution in [1.82, 2.24) is 19.9 Å². The van der Waals surface area contributed by atoms with Crippen molar-refractivity contribution in [3.05, 3.63) is 46.9 Å². The lowest BCUT2D eigenvalue weighted by Gasteiger charge is -2.35. The van der Waals surface area contributed by atoms with Gasteiger partial charge >= 0.3 is 0 Å². The number of benzene rings is 1. The molecule has 1 aliphatic heterocycles. The Morgan fingerprint density at radius 3 is 2.78 bits per heavy atom. The lowest BCUT2D eigenvalue weighted by Crippen LogP contribution is -2.54. The van der Waals surface area contributed by atoms with Crippen molar-refractivity contribution in [1.29, 1.82) is 10.8 Å². The normalized spacial score (nSPS) is 17.3. The summed E-state index contributed by atoms with van der Waals surface area (Å²) in [5, 5.41) is 20.4. The third-order valence-electron chi connectivity index (χ3n) is 4.81. The van der Waals surface area contributed by atoms with Gasteiger partial charge in [0.05, 0.1) is 6.54 Å². The lowest BCUT2D eigenvalue weighted by molar-refractivity contribution is 0.0757. The van der Waals surface area contributed by atoms with Crippen LogP contribution in [0.5, 0.6) is 0 Å². The summed E-state index contributed by atoms with van der Waals surface area (Å²) in [5.41, 5.74) is 0.787. The number of nitrogens with one attached hydrogen (secondary N) is 2. The van der Waals surface area contributed by atoms with E-state index in [-0.39, 0.29) is 42.4 Å². The molecule has 0 atom stereocenters. The van der Waals surface area contributed by atoms with E-state index in [1.54, 1.807) is 6.92 Å². The van der Waals surface area contributed by atoms with Crippen LogP contribution in [0.15, 0.2) is 22.7 Å². The number of aromatic nitrogens is 2. The molecule has 2 aromatic rings. The number of amides is 1. The standard InChI is InChI=1S/C18H19FN6O2/c1-10-8-12(4-5-13(10)19)18(26)24-6-7-25(14(20)9-24)15(21)17-22-16(23-27-17)11-2-3-11/h4-5,8,11,20-21H,2-3,6-7,9H2,1H3. The zero-order valence-corrected chi connectivity index (χ0v) is 14.8. The first-order valence-electron chi connectivity index (χ1n) is 8.77. The number of carbonyl (C=O) groups excluding carboxylic acids is 1. The predicted molar refractivity (Wildman–Crippen MR) is 94.6 cm³/mol. The summed E-state index contributed by atoms with van der Waals surface area (Å²) in [6.45, 7) is 2.28. The smallest absolute Gasteiger partial charge is 0.293 e. The maximum atomic E-state index is 13.4. The molecule has 27 heavy (non-hydrogen) atoms. The van der Waals surface area contributed by atoms with E-state index in [2.05, 4.69) is 10.1 Å². The SMILES string of the molecule is Cc1cc(C(=O)N2CCN(C(=N)c3nc(C4CC4)no3)C(=N)C2)ccc1F. The van der Waals surface area contributed by atoms with Crippen LogP contribution in [0.2, 0.25) is 0 Å². The lowest BCUT2D eigenvalue weighted by atomic mass is 10.1. The third kappa shape index (κ3) is 3.32. The van der Waals surface area contributed by atoms with E-state index in [1.807, 2.05) is 0 Å². The van der Waals surface area contributed by atoms with Gasteiger partial charge in [-0.15, -0.1) is 0 Å². The highest BCUT2D eigenvalue weighted by molar-refractivity contribution is 6.07. The molecule has 0 bridgehead atoms. The first kappa shape index (κ1) is 17.3. The molecule has 1 aromatic carbocycles. The number of aryl methyl sites for hydroxylation is 1. The Labute approximate surface area is 155 Å². The molecule has 4 rings (SSSR count). The highest BCUT2D eigenvalue weighted by Gasteiger charge is 2.33. The number of amidine groups is 2. The first-order valence-corrected chi connectivity index (χ1v) is 8.77. The molecule has 140 valence electrons. The second-order valence-corrected chi connectivity index (χ2v) is 6.87. The molecule has 9 heteroatoms. The van der Waals surface area contributed by atoms with Gasteiger partial charge in [-0.05, 0) is 43.5 Å². The number of carbonyl (C=O) groups is 1. The van der Waals surface area contributed by atoms with E-state index >= 15 is 0 Å². The van der Waals surface area contributed by atoms with Crippen LogP contribution in [0.25, 0.3) is 0 Å². The van der Waals surface area contributed by atoms with Crippen LogP contribution in [0.1, 0.15) is 46.4 Å². The van der Waals surface area contributed by atoms with Gasteiger partial charge in [0.25, 0.3) is 11.8 Å². The molecule has 0 spiro atoms. The molecule has 2 aliphatic rings. The van der Waals surface area contributed by atoms with Crippen molar-refractivity contribution < 1.29 is 13.7 Å². The van der Waals surface area contributed by atoms with Crippen molar-refractivity contribution in [2.45, 2.75) is 25.7 Å². The molecule has 1 saturated heterocycles. The van der Waals surface area contributed by atoms with Crippen molar-refractivity contribution in [3.63, 3.8) is 0 Å². The fraction of sp³-hybridized carbons (Fsp3) is 0.389. The molecular formula is C18H19FN6O2. The van der Waals surface area contributed by atoms with E-state index < -0.39 is 0 Å². The van der Waals surface area contributed by atoms with Gasteiger partial charge in [-0.25, -0.2) is 4.39 Å². The Hall–Kier alpha value is -3.10. The molecule has 1 aromatic heterocycles. The Bertz CT molecular complexity index is 936. The summed E-state index contributed by atoms with van der Waals surface area (Å²) in [7, 11) is 0. The fourth-order valence-electron chi connectivity index (χ4n) is 3.04. The van der Waals surface area contributed by atoms with Crippen LogP contribution in [0.3, 0.4) is 0 Å². The second kappa shape index (κ2) is 6.57. The van der Waals surface area contributed by atoms with Gasteiger partial charge in [0.15, 0.2) is 11.7 Å². The van der Waals surface area contributed by atoms with E-state index in [4.69, 9.17) is 15.3 Å². The minimum absolute atomic E-state index is 0.0240. The van der Waals surface area contributed by atoms with Crippen LogP contribution in [-0.2, 0) is 0 Å². The molecule has 0 unspecified atom stereocenters. The number of piperazine rings is 1. The summed E-state index contributed by atoms with van der Waals surface area (Å²) in [6, 6.07) is 4.22.